The first kappa shape index (κ1) is 15.5. The second-order valence-corrected chi connectivity index (χ2v) is 4.14. The molecule has 0 saturated carbocycles. The van der Waals surface area contributed by atoms with Crippen molar-refractivity contribution in [2.45, 2.75) is 32.7 Å². The van der Waals surface area contributed by atoms with E-state index in [9.17, 15) is 9.59 Å². The van der Waals surface area contributed by atoms with Crippen molar-refractivity contribution in [3.05, 3.63) is 0 Å². The van der Waals surface area contributed by atoms with E-state index in [4.69, 9.17) is 23.2 Å². The molecule has 0 aromatic heterocycles. The van der Waals surface area contributed by atoms with Crippen molar-refractivity contribution in [2.24, 2.45) is 29.1 Å². The van der Waals surface area contributed by atoms with Gasteiger partial charge in [0, 0.05) is 12.6 Å². The van der Waals surface area contributed by atoms with Crippen LogP contribution in [0.3, 0.4) is 0 Å². The number of hydrogen-bond donors (Lipinski definition) is 4. The molecule has 0 aliphatic rings. The van der Waals surface area contributed by atoms with Crippen LogP contribution in [0, 0.1) is 5.92 Å². The van der Waals surface area contributed by atoms with E-state index < -0.39 is 12.1 Å². The fraction of sp³-hybridized carbons (Fsp3) is 0.778. The molecule has 4 amide bonds. The third-order valence-corrected chi connectivity index (χ3v) is 2.59. The Morgan fingerprint density at radius 3 is 2.06 bits per heavy atom. The summed E-state index contributed by atoms with van der Waals surface area (Å²) in [6.45, 7) is 4.09. The molecule has 0 saturated heterocycles. The predicted molar refractivity (Wildman–Crippen MR) is 63.9 cm³/mol. The van der Waals surface area contributed by atoms with Gasteiger partial charge in [0.2, 0.25) is 0 Å². The molecule has 17 heavy (non-hydrogen) atoms. The number of carbonyl (C=O) groups excluding carboxylic acids is 2. The normalized spacial score (nSPS) is 13.9. The molecule has 8 nitrogen and oxygen atoms in total. The van der Waals surface area contributed by atoms with Crippen LogP contribution in [0.4, 0.5) is 9.59 Å². The maximum Gasteiger partial charge on any atom is 0.329 e. The first-order valence-corrected chi connectivity index (χ1v) is 5.44. The SMILES string of the molecule is CCC(CC(C)CN(N)C(N)=O)N(N)C(N)=O. The zero-order valence-electron chi connectivity index (χ0n) is 10.3. The average molecular weight is 246 g/mol. The van der Waals surface area contributed by atoms with E-state index in [0.717, 1.165) is 10.0 Å². The lowest BCUT2D eigenvalue weighted by molar-refractivity contribution is 0.160. The summed E-state index contributed by atoms with van der Waals surface area (Å²) in [4.78, 5) is 21.7. The van der Waals surface area contributed by atoms with Gasteiger partial charge < -0.3 is 11.5 Å². The summed E-state index contributed by atoms with van der Waals surface area (Å²) in [6, 6.07) is -1.54. The van der Waals surface area contributed by atoms with Crippen LogP contribution in [-0.2, 0) is 0 Å². The highest BCUT2D eigenvalue weighted by Gasteiger charge is 2.21. The summed E-state index contributed by atoms with van der Waals surface area (Å²) in [7, 11) is 0. The Kier molecular flexibility index (Phi) is 6.29. The first-order chi connectivity index (χ1) is 7.79. The van der Waals surface area contributed by atoms with Gasteiger partial charge >= 0.3 is 12.1 Å². The lowest BCUT2D eigenvalue weighted by Crippen LogP contribution is -2.50. The highest BCUT2D eigenvalue weighted by Crippen LogP contribution is 2.13. The van der Waals surface area contributed by atoms with Gasteiger partial charge in [-0.1, -0.05) is 13.8 Å². The van der Waals surface area contributed by atoms with E-state index >= 15 is 0 Å². The molecular weight excluding hydrogens is 224 g/mol. The number of hydrazine groups is 2. The summed E-state index contributed by atoms with van der Waals surface area (Å²) >= 11 is 0. The second-order valence-electron chi connectivity index (χ2n) is 4.14. The number of hydrogen-bond acceptors (Lipinski definition) is 4. The van der Waals surface area contributed by atoms with Crippen molar-refractivity contribution in [1.82, 2.24) is 10.0 Å². The minimum Gasteiger partial charge on any atom is -0.350 e. The monoisotopic (exact) mass is 246 g/mol. The van der Waals surface area contributed by atoms with Crippen molar-refractivity contribution in [2.75, 3.05) is 6.54 Å². The number of carbonyl (C=O) groups is 2. The number of amides is 4. The average Bonchev–Trinajstić information content (AvgIpc) is 2.24. The molecule has 0 aliphatic heterocycles. The lowest BCUT2D eigenvalue weighted by atomic mass is 9.99. The highest BCUT2D eigenvalue weighted by atomic mass is 16.2. The van der Waals surface area contributed by atoms with Crippen LogP contribution in [-0.4, -0.2) is 34.7 Å². The number of urea groups is 2. The van der Waals surface area contributed by atoms with Crippen molar-refractivity contribution >= 4 is 12.1 Å². The Labute approximate surface area is 101 Å². The Morgan fingerprint density at radius 1 is 1.18 bits per heavy atom. The number of rotatable bonds is 6. The summed E-state index contributed by atoms with van der Waals surface area (Å²) in [5, 5.41) is 1.93. The molecular formula is C9H22N6O2. The van der Waals surface area contributed by atoms with E-state index in [1.807, 2.05) is 13.8 Å². The Morgan fingerprint density at radius 2 is 1.71 bits per heavy atom. The van der Waals surface area contributed by atoms with Gasteiger partial charge in [-0.15, -0.1) is 0 Å². The van der Waals surface area contributed by atoms with Crippen LogP contribution in [0.15, 0.2) is 0 Å². The van der Waals surface area contributed by atoms with E-state index in [0.29, 0.717) is 19.4 Å². The van der Waals surface area contributed by atoms with Crippen LogP contribution in [0.5, 0.6) is 0 Å². The molecule has 100 valence electrons. The number of nitrogens with two attached hydrogens (primary N) is 4. The van der Waals surface area contributed by atoms with Crippen LogP contribution in [0.1, 0.15) is 26.7 Å². The molecule has 0 aromatic carbocycles. The third kappa shape index (κ3) is 5.36. The van der Waals surface area contributed by atoms with Crippen LogP contribution in [0.2, 0.25) is 0 Å². The van der Waals surface area contributed by atoms with Gasteiger partial charge in [0.05, 0.1) is 0 Å². The fourth-order valence-corrected chi connectivity index (χ4v) is 1.62. The van der Waals surface area contributed by atoms with Gasteiger partial charge in [-0.05, 0) is 18.8 Å². The Bertz CT molecular complexity index is 272. The van der Waals surface area contributed by atoms with Crippen LogP contribution in [0.25, 0.3) is 0 Å². The molecule has 2 unspecified atom stereocenters. The molecule has 0 fully saturated rings. The van der Waals surface area contributed by atoms with Gasteiger partial charge in [-0.25, -0.2) is 21.3 Å². The fourth-order valence-electron chi connectivity index (χ4n) is 1.62. The molecule has 8 N–H and O–H groups in total. The Balaban J connectivity index is 4.28. The van der Waals surface area contributed by atoms with Gasteiger partial charge in [-0.2, -0.15) is 0 Å². The second kappa shape index (κ2) is 6.92. The zero-order valence-corrected chi connectivity index (χ0v) is 10.3. The van der Waals surface area contributed by atoms with Gasteiger partial charge in [0.15, 0.2) is 0 Å². The predicted octanol–water partition coefficient (Wildman–Crippen LogP) is -0.700. The van der Waals surface area contributed by atoms with Crippen molar-refractivity contribution in [3.63, 3.8) is 0 Å². The molecule has 0 aromatic rings. The van der Waals surface area contributed by atoms with Crippen LogP contribution >= 0.6 is 0 Å². The zero-order chi connectivity index (χ0) is 13.6. The van der Waals surface area contributed by atoms with Gasteiger partial charge in [0.1, 0.15) is 0 Å². The largest absolute Gasteiger partial charge is 0.350 e. The molecule has 0 rings (SSSR count). The molecule has 0 bridgehead atoms. The smallest absolute Gasteiger partial charge is 0.329 e. The lowest BCUT2D eigenvalue weighted by Gasteiger charge is -2.28. The van der Waals surface area contributed by atoms with Crippen LogP contribution < -0.4 is 23.2 Å². The summed E-state index contributed by atoms with van der Waals surface area (Å²) in [6.07, 6.45) is 1.27. The maximum atomic E-state index is 10.9. The first-order valence-electron chi connectivity index (χ1n) is 5.44. The summed E-state index contributed by atoms with van der Waals surface area (Å²) < 4.78 is 0. The van der Waals surface area contributed by atoms with E-state index in [-0.39, 0.29) is 12.0 Å². The standard InChI is InChI=1S/C9H22N6O2/c1-3-7(15(13)9(11)17)4-6(2)5-14(12)8(10)16/h6-7H,3-5,12-13H2,1-2H3,(H2,10,16)(H2,11,17). The van der Waals surface area contributed by atoms with E-state index in [1.54, 1.807) is 0 Å². The van der Waals surface area contributed by atoms with E-state index in [1.165, 1.54) is 0 Å². The van der Waals surface area contributed by atoms with Crippen molar-refractivity contribution in [1.29, 1.82) is 0 Å². The minimum atomic E-state index is -0.690. The summed E-state index contributed by atoms with van der Waals surface area (Å²) in [5.41, 5.74) is 10.1. The van der Waals surface area contributed by atoms with Crippen molar-refractivity contribution in [3.8, 4) is 0 Å². The molecule has 0 spiro atoms. The van der Waals surface area contributed by atoms with E-state index in [2.05, 4.69) is 0 Å². The van der Waals surface area contributed by atoms with Gasteiger partial charge in [-0.3, -0.25) is 10.0 Å². The number of primary amides is 2. The number of nitrogens with zero attached hydrogens (tertiary/aromatic N) is 2. The van der Waals surface area contributed by atoms with Gasteiger partial charge in [0.25, 0.3) is 0 Å². The Hall–Kier alpha value is -1.54. The third-order valence-electron chi connectivity index (χ3n) is 2.59. The highest BCUT2D eigenvalue weighted by molar-refractivity contribution is 5.71. The summed E-state index contributed by atoms with van der Waals surface area (Å²) in [5.74, 6) is 11.0. The molecule has 0 radical (unpaired) electrons. The quantitative estimate of drug-likeness (QED) is 0.279. The minimum absolute atomic E-state index is 0.0582. The molecule has 2 atom stereocenters. The molecule has 8 heteroatoms. The van der Waals surface area contributed by atoms with Crippen molar-refractivity contribution < 1.29 is 9.59 Å². The maximum absolute atomic E-state index is 10.9. The molecule has 0 aliphatic carbocycles. The topological polar surface area (TPSA) is 145 Å². The molecule has 0 heterocycles.